The molecule has 1 aromatic carbocycles. The van der Waals surface area contributed by atoms with Crippen molar-refractivity contribution in [3.05, 3.63) is 23.0 Å². The smallest absolute Gasteiger partial charge is 0.144 e. The van der Waals surface area contributed by atoms with Gasteiger partial charge >= 0.3 is 0 Å². The lowest BCUT2D eigenvalue weighted by Gasteiger charge is -2.23. The average Bonchev–Trinajstić information content (AvgIpc) is 2.20. The second-order valence-electron chi connectivity index (χ2n) is 3.13. The lowest BCUT2D eigenvalue weighted by Crippen LogP contribution is -2.27. The third kappa shape index (κ3) is 2.73. The van der Waals surface area contributed by atoms with Crippen LogP contribution in [0.3, 0.4) is 0 Å². The van der Waals surface area contributed by atoms with Crippen LogP contribution >= 0.6 is 11.6 Å². The second kappa shape index (κ2) is 5.19. The number of anilines is 2. The number of benzene rings is 1. The lowest BCUT2D eigenvalue weighted by molar-refractivity contribution is 0.302. The third-order valence-corrected chi connectivity index (χ3v) is 2.45. The Morgan fingerprint density at radius 3 is 2.73 bits per heavy atom. The normalized spacial score (nSPS) is 10.4. The van der Waals surface area contributed by atoms with Crippen molar-refractivity contribution in [2.75, 3.05) is 30.3 Å². The van der Waals surface area contributed by atoms with Gasteiger partial charge in [-0.15, -0.1) is 0 Å². The molecule has 5 heteroatoms. The number of halogens is 2. The molecule has 0 fully saturated rings. The van der Waals surface area contributed by atoms with Crippen LogP contribution in [0.1, 0.15) is 6.92 Å². The molecule has 15 heavy (non-hydrogen) atoms. The largest absolute Gasteiger partial charge is 0.397 e. The minimum atomic E-state index is -0.503. The standard InChI is InChI=1S/C10H14ClFN2O/c1-2-14(3-4-15)10-6-8(12)7(11)5-9(10)13/h5-6,15H,2-4,13H2,1H3. The van der Waals surface area contributed by atoms with Gasteiger partial charge < -0.3 is 15.7 Å². The zero-order valence-corrected chi connectivity index (χ0v) is 9.26. The van der Waals surface area contributed by atoms with Gasteiger partial charge in [-0.05, 0) is 13.0 Å². The zero-order chi connectivity index (χ0) is 11.4. The second-order valence-corrected chi connectivity index (χ2v) is 3.54. The molecule has 3 N–H and O–H groups in total. The molecule has 3 nitrogen and oxygen atoms in total. The molecule has 0 aromatic heterocycles. The van der Waals surface area contributed by atoms with Crippen molar-refractivity contribution < 1.29 is 9.50 Å². The summed E-state index contributed by atoms with van der Waals surface area (Å²) in [6, 6.07) is 2.67. The molecule has 0 saturated carbocycles. The summed E-state index contributed by atoms with van der Waals surface area (Å²) in [6.45, 7) is 2.97. The van der Waals surface area contributed by atoms with Gasteiger partial charge in [-0.2, -0.15) is 0 Å². The lowest BCUT2D eigenvalue weighted by atomic mass is 10.2. The van der Waals surface area contributed by atoms with Crippen molar-refractivity contribution in [1.29, 1.82) is 0 Å². The molecule has 0 saturated heterocycles. The molecule has 0 bridgehead atoms. The quantitative estimate of drug-likeness (QED) is 0.780. The average molecular weight is 233 g/mol. The van der Waals surface area contributed by atoms with Crippen LogP contribution < -0.4 is 10.6 Å². The van der Waals surface area contributed by atoms with E-state index in [-0.39, 0.29) is 11.6 Å². The summed E-state index contributed by atoms with van der Waals surface area (Å²) in [6.07, 6.45) is 0. The minimum Gasteiger partial charge on any atom is -0.397 e. The maximum absolute atomic E-state index is 13.2. The van der Waals surface area contributed by atoms with E-state index in [2.05, 4.69) is 0 Å². The van der Waals surface area contributed by atoms with Gasteiger partial charge in [-0.25, -0.2) is 4.39 Å². The molecule has 0 heterocycles. The first-order valence-corrected chi connectivity index (χ1v) is 5.08. The Hall–Kier alpha value is -1.00. The Morgan fingerprint density at radius 1 is 1.53 bits per heavy atom. The third-order valence-electron chi connectivity index (χ3n) is 2.16. The van der Waals surface area contributed by atoms with Crippen LogP contribution in [-0.2, 0) is 0 Å². The summed E-state index contributed by atoms with van der Waals surface area (Å²) in [5.41, 5.74) is 6.70. The first kappa shape index (κ1) is 12.1. The molecule has 0 amide bonds. The fraction of sp³-hybridized carbons (Fsp3) is 0.400. The number of nitrogens with zero attached hydrogens (tertiary/aromatic N) is 1. The highest BCUT2D eigenvalue weighted by molar-refractivity contribution is 6.31. The fourth-order valence-electron chi connectivity index (χ4n) is 1.40. The van der Waals surface area contributed by atoms with E-state index < -0.39 is 5.82 Å². The summed E-state index contributed by atoms with van der Waals surface area (Å²) < 4.78 is 13.2. The number of nitrogens with two attached hydrogens (primary N) is 1. The van der Waals surface area contributed by atoms with Gasteiger partial charge in [-0.1, -0.05) is 11.6 Å². The van der Waals surface area contributed by atoms with Crippen molar-refractivity contribution in [3.63, 3.8) is 0 Å². The van der Waals surface area contributed by atoms with Gasteiger partial charge in [0, 0.05) is 19.2 Å². The van der Waals surface area contributed by atoms with Crippen molar-refractivity contribution >= 4 is 23.0 Å². The van der Waals surface area contributed by atoms with Crippen LogP contribution in [-0.4, -0.2) is 24.8 Å². The van der Waals surface area contributed by atoms with E-state index in [1.807, 2.05) is 6.92 Å². The number of aliphatic hydroxyl groups excluding tert-OH is 1. The molecule has 0 spiro atoms. The summed E-state index contributed by atoms with van der Waals surface area (Å²) >= 11 is 5.59. The molecule has 1 rings (SSSR count). The van der Waals surface area contributed by atoms with Crippen LogP contribution in [0.4, 0.5) is 15.8 Å². The molecule has 0 atom stereocenters. The molecule has 0 unspecified atom stereocenters. The summed E-state index contributed by atoms with van der Waals surface area (Å²) in [7, 11) is 0. The van der Waals surface area contributed by atoms with Gasteiger partial charge in [0.15, 0.2) is 0 Å². The van der Waals surface area contributed by atoms with Gasteiger partial charge in [0.1, 0.15) is 5.82 Å². The van der Waals surface area contributed by atoms with Crippen LogP contribution in [0.5, 0.6) is 0 Å². The Balaban J connectivity index is 3.06. The molecular formula is C10H14ClFN2O. The van der Waals surface area contributed by atoms with E-state index in [9.17, 15) is 4.39 Å². The van der Waals surface area contributed by atoms with Crippen molar-refractivity contribution in [2.45, 2.75) is 6.92 Å². The number of hydrogen-bond acceptors (Lipinski definition) is 3. The van der Waals surface area contributed by atoms with E-state index >= 15 is 0 Å². The SMILES string of the molecule is CCN(CCO)c1cc(F)c(Cl)cc1N. The van der Waals surface area contributed by atoms with E-state index in [0.717, 1.165) is 0 Å². The van der Waals surface area contributed by atoms with Gasteiger partial charge in [0.05, 0.1) is 23.0 Å². The summed E-state index contributed by atoms with van der Waals surface area (Å²) in [5, 5.41) is 8.85. The summed E-state index contributed by atoms with van der Waals surface area (Å²) in [5.74, 6) is -0.503. The highest BCUT2D eigenvalue weighted by Gasteiger charge is 2.11. The summed E-state index contributed by atoms with van der Waals surface area (Å²) in [4.78, 5) is 1.79. The first-order chi connectivity index (χ1) is 7.10. The number of rotatable bonds is 4. The first-order valence-electron chi connectivity index (χ1n) is 4.70. The predicted octanol–water partition coefficient (Wildman–Crippen LogP) is 1.88. The van der Waals surface area contributed by atoms with E-state index in [0.29, 0.717) is 24.5 Å². The predicted molar refractivity (Wildman–Crippen MR) is 60.8 cm³/mol. The fourth-order valence-corrected chi connectivity index (χ4v) is 1.57. The number of aliphatic hydroxyl groups is 1. The van der Waals surface area contributed by atoms with E-state index in [1.54, 1.807) is 4.90 Å². The molecule has 1 aromatic rings. The highest BCUT2D eigenvalue weighted by atomic mass is 35.5. The molecule has 0 aliphatic carbocycles. The van der Waals surface area contributed by atoms with Gasteiger partial charge in [0.25, 0.3) is 0 Å². The van der Waals surface area contributed by atoms with Crippen molar-refractivity contribution in [2.24, 2.45) is 0 Å². The Kier molecular flexibility index (Phi) is 4.17. The van der Waals surface area contributed by atoms with Gasteiger partial charge in [-0.3, -0.25) is 0 Å². The maximum atomic E-state index is 13.2. The highest BCUT2D eigenvalue weighted by Crippen LogP contribution is 2.28. The Labute approximate surface area is 93.3 Å². The Bertz CT molecular complexity index is 346. The number of likely N-dealkylation sites (N-methyl/N-ethyl adjacent to an activating group) is 1. The van der Waals surface area contributed by atoms with E-state index in [1.165, 1.54) is 12.1 Å². The van der Waals surface area contributed by atoms with Crippen molar-refractivity contribution in [3.8, 4) is 0 Å². The molecule has 0 radical (unpaired) electrons. The molecular weight excluding hydrogens is 219 g/mol. The number of hydrogen-bond donors (Lipinski definition) is 2. The monoisotopic (exact) mass is 232 g/mol. The topological polar surface area (TPSA) is 49.5 Å². The van der Waals surface area contributed by atoms with E-state index in [4.69, 9.17) is 22.4 Å². The van der Waals surface area contributed by atoms with Crippen LogP contribution in [0.2, 0.25) is 5.02 Å². The zero-order valence-electron chi connectivity index (χ0n) is 8.50. The van der Waals surface area contributed by atoms with Crippen LogP contribution in [0.15, 0.2) is 12.1 Å². The Morgan fingerprint density at radius 2 is 2.20 bits per heavy atom. The maximum Gasteiger partial charge on any atom is 0.144 e. The van der Waals surface area contributed by atoms with Gasteiger partial charge in [0.2, 0.25) is 0 Å². The minimum absolute atomic E-state index is 0.00245. The molecule has 0 aliphatic rings. The van der Waals surface area contributed by atoms with Crippen LogP contribution in [0.25, 0.3) is 0 Å². The molecule has 0 aliphatic heterocycles. The molecule has 84 valence electrons. The number of nitrogen functional groups attached to an aromatic ring is 1. The van der Waals surface area contributed by atoms with Crippen molar-refractivity contribution in [1.82, 2.24) is 0 Å². The van der Waals surface area contributed by atoms with Crippen LogP contribution in [0, 0.1) is 5.82 Å².